The number of thioether (sulfide) groups is 1. The van der Waals surface area contributed by atoms with Crippen LogP contribution in [0.1, 0.15) is 6.42 Å². The molecule has 1 atom stereocenters. The first-order valence-corrected chi connectivity index (χ1v) is 12.8. The average Bonchev–Trinajstić information content (AvgIpc) is 2.78. The summed E-state index contributed by atoms with van der Waals surface area (Å²) in [5, 5.41) is 2.79. The van der Waals surface area contributed by atoms with Crippen molar-refractivity contribution in [2.75, 3.05) is 48.5 Å². The molecule has 2 N–H and O–H groups in total. The van der Waals surface area contributed by atoms with Crippen molar-refractivity contribution in [2.45, 2.75) is 17.4 Å². The van der Waals surface area contributed by atoms with Gasteiger partial charge in [0.25, 0.3) is 0 Å². The van der Waals surface area contributed by atoms with Gasteiger partial charge in [0.2, 0.25) is 15.9 Å². The molecule has 1 aliphatic heterocycles. The van der Waals surface area contributed by atoms with Gasteiger partial charge in [-0.2, -0.15) is 16.5 Å². The number of hydrogen-bond donors (Lipinski definition) is 2. The summed E-state index contributed by atoms with van der Waals surface area (Å²) in [6.45, 7) is 2.99. The fourth-order valence-corrected chi connectivity index (χ4v) is 4.86. The number of rotatable bonds is 9. The van der Waals surface area contributed by atoms with Crippen LogP contribution in [0.5, 0.6) is 0 Å². The molecule has 2 aromatic rings. The second-order valence-corrected chi connectivity index (χ2v) is 9.74. The Kier molecular flexibility index (Phi) is 8.30. The third-order valence-electron chi connectivity index (χ3n) is 4.86. The highest BCUT2D eigenvalue weighted by Crippen LogP contribution is 2.20. The molecule has 0 aliphatic carbocycles. The van der Waals surface area contributed by atoms with Crippen LogP contribution in [-0.2, 0) is 19.6 Å². The lowest BCUT2D eigenvalue weighted by molar-refractivity contribution is -0.117. The minimum absolute atomic E-state index is 0.0919. The molecule has 2 aromatic carbocycles. The van der Waals surface area contributed by atoms with Crippen LogP contribution < -0.4 is 14.9 Å². The van der Waals surface area contributed by atoms with Crippen molar-refractivity contribution in [3.8, 4) is 0 Å². The summed E-state index contributed by atoms with van der Waals surface area (Å²) in [7, 11) is -3.97. The number of sulfonamides is 1. The van der Waals surface area contributed by atoms with Crippen molar-refractivity contribution in [1.82, 2.24) is 4.72 Å². The van der Waals surface area contributed by atoms with Crippen molar-refractivity contribution in [1.29, 1.82) is 0 Å². The predicted octanol–water partition coefficient (Wildman–Crippen LogP) is 2.70. The SMILES string of the molecule is CSCC[C@H](NS(=O)(=O)c1ccc(F)cc1)C(=O)Nc1ccc(N2CCOCC2)cc1. The first-order chi connectivity index (χ1) is 14.9. The zero-order valence-corrected chi connectivity index (χ0v) is 18.8. The fraction of sp³-hybridized carbons (Fsp3) is 0.381. The largest absolute Gasteiger partial charge is 0.378 e. The minimum Gasteiger partial charge on any atom is -0.378 e. The van der Waals surface area contributed by atoms with E-state index < -0.39 is 27.8 Å². The van der Waals surface area contributed by atoms with Gasteiger partial charge >= 0.3 is 0 Å². The highest BCUT2D eigenvalue weighted by atomic mass is 32.2. The van der Waals surface area contributed by atoms with Gasteiger partial charge in [0, 0.05) is 24.5 Å². The minimum atomic E-state index is -3.97. The summed E-state index contributed by atoms with van der Waals surface area (Å²) < 4.78 is 46.3. The lowest BCUT2D eigenvalue weighted by atomic mass is 10.2. The van der Waals surface area contributed by atoms with Crippen molar-refractivity contribution >= 4 is 39.1 Å². The lowest BCUT2D eigenvalue weighted by Gasteiger charge is -2.29. The van der Waals surface area contributed by atoms with Crippen molar-refractivity contribution < 1.29 is 22.3 Å². The van der Waals surface area contributed by atoms with E-state index in [9.17, 15) is 17.6 Å². The Labute approximate surface area is 186 Å². The summed E-state index contributed by atoms with van der Waals surface area (Å²) in [4.78, 5) is 14.9. The number of anilines is 2. The molecule has 31 heavy (non-hydrogen) atoms. The Morgan fingerprint density at radius 3 is 2.39 bits per heavy atom. The number of morpholine rings is 1. The summed E-state index contributed by atoms with van der Waals surface area (Å²) in [5.74, 6) is -0.380. The van der Waals surface area contributed by atoms with Crippen LogP contribution in [0.3, 0.4) is 0 Å². The second-order valence-electron chi connectivity index (χ2n) is 7.04. The van der Waals surface area contributed by atoms with Gasteiger partial charge in [0.05, 0.1) is 18.1 Å². The quantitative estimate of drug-likeness (QED) is 0.590. The van der Waals surface area contributed by atoms with Crippen LogP contribution >= 0.6 is 11.8 Å². The van der Waals surface area contributed by atoms with Crippen molar-refractivity contribution in [3.05, 3.63) is 54.3 Å². The van der Waals surface area contributed by atoms with E-state index >= 15 is 0 Å². The van der Waals surface area contributed by atoms with E-state index in [2.05, 4.69) is 14.9 Å². The molecule has 1 heterocycles. The molecular formula is C21H26FN3O4S2. The highest BCUT2D eigenvalue weighted by molar-refractivity contribution is 7.98. The monoisotopic (exact) mass is 467 g/mol. The van der Waals surface area contributed by atoms with Gasteiger partial charge in [-0.05, 0) is 67.0 Å². The Hall–Kier alpha value is -2.14. The number of ether oxygens (including phenoxy) is 1. The molecule has 1 saturated heterocycles. The molecule has 168 valence electrons. The lowest BCUT2D eigenvalue weighted by Crippen LogP contribution is -2.44. The number of halogens is 1. The molecule has 1 fully saturated rings. The molecule has 0 spiro atoms. The van der Waals surface area contributed by atoms with Crippen LogP contribution in [0, 0.1) is 5.82 Å². The zero-order valence-electron chi connectivity index (χ0n) is 17.2. The van der Waals surface area contributed by atoms with Crippen LogP contribution in [0.2, 0.25) is 0 Å². The molecular weight excluding hydrogens is 441 g/mol. The smallest absolute Gasteiger partial charge is 0.242 e. The van der Waals surface area contributed by atoms with Crippen molar-refractivity contribution in [2.24, 2.45) is 0 Å². The Morgan fingerprint density at radius 1 is 1.13 bits per heavy atom. The summed E-state index contributed by atoms with van der Waals surface area (Å²) in [5.41, 5.74) is 1.62. The first kappa shape index (κ1) is 23.5. The maximum absolute atomic E-state index is 13.1. The van der Waals surface area contributed by atoms with E-state index in [1.807, 2.05) is 18.4 Å². The van der Waals surface area contributed by atoms with Gasteiger partial charge in [-0.1, -0.05) is 0 Å². The standard InChI is InChI=1S/C21H26FN3O4S2/c1-30-15-10-20(24-31(27,28)19-8-2-16(22)3-9-19)21(26)23-17-4-6-18(7-5-17)25-11-13-29-14-12-25/h2-9,20,24H,10-15H2,1H3,(H,23,26)/t20-/m0/s1. The summed E-state index contributed by atoms with van der Waals surface area (Å²) in [6.07, 6.45) is 2.20. The summed E-state index contributed by atoms with van der Waals surface area (Å²) >= 11 is 1.52. The number of nitrogens with zero attached hydrogens (tertiary/aromatic N) is 1. The second kappa shape index (κ2) is 10.9. The Morgan fingerprint density at radius 2 is 1.77 bits per heavy atom. The van der Waals surface area contributed by atoms with Gasteiger partial charge in [-0.15, -0.1) is 0 Å². The fourth-order valence-electron chi connectivity index (χ4n) is 3.15. The van der Waals surface area contributed by atoms with Crippen LogP contribution in [0.25, 0.3) is 0 Å². The maximum atomic E-state index is 13.1. The molecule has 1 aliphatic rings. The van der Waals surface area contributed by atoms with Gasteiger partial charge in [-0.3, -0.25) is 4.79 Å². The number of carbonyl (C=O) groups excluding carboxylic acids is 1. The van der Waals surface area contributed by atoms with Gasteiger partial charge < -0.3 is 15.0 Å². The Bertz CT molecular complexity index is 963. The van der Waals surface area contributed by atoms with E-state index in [0.717, 1.165) is 30.9 Å². The molecule has 0 radical (unpaired) electrons. The zero-order chi connectivity index (χ0) is 22.3. The summed E-state index contributed by atoms with van der Waals surface area (Å²) in [6, 6.07) is 11.0. The third kappa shape index (κ3) is 6.67. The predicted molar refractivity (Wildman–Crippen MR) is 122 cm³/mol. The van der Waals surface area contributed by atoms with E-state index in [4.69, 9.17) is 4.74 Å². The molecule has 0 bridgehead atoms. The van der Waals surface area contributed by atoms with Crippen LogP contribution in [-0.4, -0.2) is 58.7 Å². The van der Waals surface area contributed by atoms with Crippen molar-refractivity contribution in [3.63, 3.8) is 0 Å². The maximum Gasteiger partial charge on any atom is 0.242 e. The first-order valence-electron chi connectivity index (χ1n) is 9.89. The third-order valence-corrected chi connectivity index (χ3v) is 6.99. The molecule has 0 unspecified atom stereocenters. The number of nitrogens with one attached hydrogen (secondary N) is 2. The molecule has 1 amide bonds. The number of carbonyl (C=O) groups is 1. The van der Waals surface area contributed by atoms with Gasteiger partial charge in [-0.25, -0.2) is 12.8 Å². The molecule has 0 aromatic heterocycles. The van der Waals surface area contributed by atoms with E-state index in [0.29, 0.717) is 31.1 Å². The number of hydrogen-bond acceptors (Lipinski definition) is 6. The topological polar surface area (TPSA) is 87.7 Å². The average molecular weight is 468 g/mol. The van der Waals surface area contributed by atoms with Gasteiger partial charge in [0.15, 0.2) is 0 Å². The van der Waals surface area contributed by atoms with E-state index in [1.165, 1.54) is 23.9 Å². The van der Waals surface area contributed by atoms with Crippen LogP contribution in [0.15, 0.2) is 53.4 Å². The van der Waals surface area contributed by atoms with E-state index in [1.54, 1.807) is 12.1 Å². The molecule has 0 saturated carbocycles. The number of amides is 1. The highest BCUT2D eigenvalue weighted by Gasteiger charge is 2.25. The Balaban J connectivity index is 1.68. The molecule has 7 nitrogen and oxygen atoms in total. The van der Waals surface area contributed by atoms with Crippen LogP contribution in [0.4, 0.5) is 15.8 Å². The van der Waals surface area contributed by atoms with E-state index in [-0.39, 0.29) is 4.90 Å². The molecule has 3 rings (SSSR count). The van der Waals surface area contributed by atoms with Gasteiger partial charge in [0.1, 0.15) is 11.9 Å². The molecule has 10 heteroatoms. The number of benzene rings is 2. The normalized spacial score (nSPS) is 15.5.